The standard InChI is InChI=1S/C26H26FN7O2/c1-15-12-33(14-22(36-15)17-11-29-34(13-17)18-4-5-18)26-30-23(19-6-3-16(10-28)9-21(19)27)20-7-8-32(2)25(35)24(20)31-26/h3,6,9,11,13,15,18,22H,4-5,7-8,12,14H2,1-2H3/t15-,22-/m0/s1. The molecule has 1 amide bonds. The summed E-state index contributed by atoms with van der Waals surface area (Å²) in [4.78, 5) is 26.2. The number of fused-ring (bicyclic) bond motifs is 1. The summed E-state index contributed by atoms with van der Waals surface area (Å²) in [6, 6.07) is 6.76. The number of nitrogens with zero attached hydrogens (tertiary/aromatic N) is 7. The predicted molar refractivity (Wildman–Crippen MR) is 129 cm³/mol. The van der Waals surface area contributed by atoms with Crippen LogP contribution in [0.25, 0.3) is 11.3 Å². The minimum Gasteiger partial charge on any atom is -0.367 e. The summed E-state index contributed by atoms with van der Waals surface area (Å²) < 4.78 is 23.3. The molecule has 36 heavy (non-hydrogen) atoms. The smallest absolute Gasteiger partial charge is 0.272 e. The summed E-state index contributed by atoms with van der Waals surface area (Å²) in [6.45, 7) is 3.51. The summed E-state index contributed by atoms with van der Waals surface area (Å²) in [7, 11) is 1.74. The summed E-state index contributed by atoms with van der Waals surface area (Å²) in [5, 5.41) is 13.7. The Hall–Kier alpha value is -3.84. The third-order valence-corrected chi connectivity index (χ3v) is 7.05. The molecule has 0 spiro atoms. The number of carbonyl (C=O) groups is 1. The average molecular weight is 488 g/mol. The van der Waals surface area contributed by atoms with Gasteiger partial charge in [0.05, 0.1) is 42.2 Å². The molecule has 2 atom stereocenters. The summed E-state index contributed by atoms with van der Waals surface area (Å²) in [5.41, 5.74) is 2.81. The first-order chi connectivity index (χ1) is 17.4. The van der Waals surface area contributed by atoms with Crippen molar-refractivity contribution in [1.29, 1.82) is 5.26 Å². The normalized spacial score (nSPS) is 21.9. The topological polar surface area (TPSA) is 100 Å². The third-order valence-electron chi connectivity index (χ3n) is 7.05. The number of halogens is 1. The van der Waals surface area contributed by atoms with Gasteiger partial charge < -0.3 is 14.5 Å². The van der Waals surface area contributed by atoms with Gasteiger partial charge in [-0.3, -0.25) is 9.48 Å². The van der Waals surface area contributed by atoms with Crippen molar-refractivity contribution in [2.45, 2.75) is 44.4 Å². The van der Waals surface area contributed by atoms with E-state index in [1.807, 2.05) is 35.0 Å². The lowest BCUT2D eigenvalue weighted by Gasteiger charge is -2.37. The number of aromatic nitrogens is 4. The number of hydrogen-bond acceptors (Lipinski definition) is 7. The Kier molecular flexibility index (Phi) is 5.45. The lowest BCUT2D eigenvalue weighted by molar-refractivity contribution is -0.0179. The van der Waals surface area contributed by atoms with Gasteiger partial charge in [-0.25, -0.2) is 14.4 Å². The number of rotatable bonds is 4. The molecule has 0 bridgehead atoms. The highest BCUT2D eigenvalue weighted by molar-refractivity contribution is 5.96. The molecule has 2 aromatic heterocycles. The van der Waals surface area contributed by atoms with Gasteiger partial charge in [-0.05, 0) is 44.4 Å². The van der Waals surface area contributed by atoms with E-state index in [1.54, 1.807) is 24.1 Å². The Morgan fingerprint density at radius 2 is 2.00 bits per heavy atom. The maximum Gasteiger partial charge on any atom is 0.272 e. The van der Waals surface area contributed by atoms with Crippen LogP contribution in [0.4, 0.5) is 10.3 Å². The van der Waals surface area contributed by atoms with Gasteiger partial charge in [0.1, 0.15) is 17.6 Å². The molecule has 3 aromatic rings. The second-order valence-corrected chi connectivity index (χ2v) is 9.81. The van der Waals surface area contributed by atoms with Crippen LogP contribution in [-0.4, -0.2) is 63.3 Å². The number of benzene rings is 1. The first kappa shape index (κ1) is 22.6. The number of nitriles is 1. The summed E-state index contributed by atoms with van der Waals surface area (Å²) in [5.74, 6) is -0.391. The zero-order valence-corrected chi connectivity index (χ0v) is 20.2. The lowest BCUT2D eigenvalue weighted by Crippen LogP contribution is -2.44. The zero-order chi connectivity index (χ0) is 25.0. The van der Waals surface area contributed by atoms with Crippen LogP contribution in [0.1, 0.15) is 59.1 Å². The lowest BCUT2D eigenvalue weighted by atomic mass is 9.97. The molecule has 10 heteroatoms. The molecule has 4 heterocycles. The molecule has 0 radical (unpaired) electrons. The molecule has 184 valence electrons. The average Bonchev–Trinajstić information content (AvgIpc) is 3.61. The molecule has 3 aliphatic rings. The number of morpholine rings is 1. The monoisotopic (exact) mass is 487 g/mol. The molecule has 1 aliphatic carbocycles. The van der Waals surface area contributed by atoms with Crippen LogP contribution in [0.3, 0.4) is 0 Å². The van der Waals surface area contributed by atoms with Crippen molar-refractivity contribution in [3.63, 3.8) is 0 Å². The third kappa shape index (κ3) is 3.99. The number of hydrogen-bond donors (Lipinski definition) is 0. The van der Waals surface area contributed by atoms with Gasteiger partial charge in [0.2, 0.25) is 5.95 Å². The molecule has 0 unspecified atom stereocenters. The Bertz CT molecular complexity index is 1390. The first-order valence-electron chi connectivity index (χ1n) is 12.2. The van der Waals surface area contributed by atoms with E-state index >= 15 is 4.39 Å². The highest BCUT2D eigenvalue weighted by Crippen LogP contribution is 2.36. The number of carbonyl (C=O) groups excluding carboxylic acids is 1. The Morgan fingerprint density at radius 1 is 1.19 bits per heavy atom. The van der Waals surface area contributed by atoms with E-state index in [9.17, 15) is 4.79 Å². The molecule has 6 rings (SSSR count). The number of anilines is 1. The highest BCUT2D eigenvalue weighted by atomic mass is 19.1. The maximum absolute atomic E-state index is 15.1. The quantitative estimate of drug-likeness (QED) is 0.557. The van der Waals surface area contributed by atoms with Crippen molar-refractivity contribution < 1.29 is 13.9 Å². The van der Waals surface area contributed by atoms with Gasteiger partial charge in [-0.15, -0.1) is 0 Å². The molecule has 9 nitrogen and oxygen atoms in total. The predicted octanol–water partition coefficient (Wildman–Crippen LogP) is 3.28. The summed E-state index contributed by atoms with van der Waals surface area (Å²) >= 11 is 0. The van der Waals surface area contributed by atoms with Crippen LogP contribution in [0.2, 0.25) is 0 Å². The van der Waals surface area contributed by atoms with Crippen molar-refractivity contribution in [2.75, 3.05) is 31.6 Å². The molecule has 0 N–H and O–H groups in total. The van der Waals surface area contributed by atoms with Gasteiger partial charge in [-0.2, -0.15) is 10.4 Å². The van der Waals surface area contributed by atoms with Crippen LogP contribution in [0.5, 0.6) is 0 Å². The van der Waals surface area contributed by atoms with E-state index in [0.29, 0.717) is 55.0 Å². The van der Waals surface area contributed by atoms with Crippen LogP contribution in [0, 0.1) is 17.1 Å². The second kappa shape index (κ2) is 8.68. The molecule has 1 saturated carbocycles. The molecule has 2 aliphatic heterocycles. The van der Waals surface area contributed by atoms with Gasteiger partial charge in [-0.1, -0.05) is 0 Å². The van der Waals surface area contributed by atoms with Crippen molar-refractivity contribution in [2.24, 2.45) is 0 Å². The molecular weight excluding hydrogens is 461 g/mol. The van der Waals surface area contributed by atoms with E-state index in [-0.39, 0.29) is 29.2 Å². The van der Waals surface area contributed by atoms with Gasteiger partial charge in [0, 0.05) is 43.0 Å². The van der Waals surface area contributed by atoms with E-state index in [1.165, 1.54) is 6.07 Å². The van der Waals surface area contributed by atoms with E-state index in [4.69, 9.17) is 20.0 Å². The maximum atomic E-state index is 15.1. The number of ether oxygens (including phenoxy) is 1. The van der Waals surface area contributed by atoms with E-state index < -0.39 is 5.82 Å². The zero-order valence-electron chi connectivity index (χ0n) is 20.2. The van der Waals surface area contributed by atoms with Gasteiger partial charge in [0.15, 0.2) is 0 Å². The van der Waals surface area contributed by atoms with Gasteiger partial charge >= 0.3 is 0 Å². The highest BCUT2D eigenvalue weighted by Gasteiger charge is 2.34. The van der Waals surface area contributed by atoms with E-state index in [2.05, 4.69) is 5.10 Å². The Morgan fingerprint density at radius 3 is 2.75 bits per heavy atom. The Labute approximate surface area is 208 Å². The largest absolute Gasteiger partial charge is 0.367 e. The second-order valence-electron chi connectivity index (χ2n) is 9.81. The van der Waals surface area contributed by atoms with Crippen LogP contribution < -0.4 is 4.90 Å². The molecule has 1 aromatic carbocycles. The van der Waals surface area contributed by atoms with Crippen molar-refractivity contribution in [3.8, 4) is 17.3 Å². The minimum absolute atomic E-state index is 0.110. The molecule has 2 fully saturated rings. The van der Waals surface area contributed by atoms with Gasteiger partial charge in [0.25, 0.3) is 5.91 Å². The fourth-order valence-corrected chi connectivity index (χ4v) is 4.95. The minimum atomic E-state index is -0.548. The number of likely N-dealkylation sites (N-methyl/N-ethyl adjacent to an activating group) is 1. The molecular formula is C26H26FN7O2. The van der Waals surface area contributed by atoms with E-state index in [0.717, 1.165) is 18.4 Å². The Balaban J connectivity index is 1.41. The first-order valence-corrected chi connectivity index (χ1v) is 12.2. The number of amides is 1. The van der Waals surface area contributed by atoms with Crippen LogP contribution in [0.15, 0.2) is 30.6 Å². The molecule has 1 saturated heterocycles. The van der Waals surface area contributed by atoms with Crippen LogP contribution in [-0.2, 0) is 11.2 Å². The van der Waals surface area contributed by atoms with Crippen LogP contribution >= 0.6 is 0 Å². The van der Waals surface area contributed by atoms with Crippen molar-refractivity contribution in [3.05, 3.63) is 58.8 Å². The van der Waals surface area contributed by atoms with Crippen molar-refractivity contribution in [1.82, 2.24) is 24.6 Å². The fraction of sp³-hybridized carbons (Fsp3) is 0.423. The fourth-order valence-electron chi connectivity index (χ4n) is 4.95. The van der Waals surface area contributed by atoms with Crippen molar-refractivity contribution >= 4 is 11.9 Å². The summed E-state index contributed by atoms with van der Waals surface area (Å²) in [6.07, 6.45) is 6.38. The SMILES string of the molecule is C[C@H]1CN(c2nc3c(c(-c4ccc(C#N)cc4F)n2)CCN(C)C3=O)C[C@@H](c2cnn(C3CC3)c2)O1.